The van der Waals surface area contributed by atoms with Gasteiger partial charge in [-0.25, -0.2) is 0 Å². The first-order chi connectivity index (χ1) is 10.1. The van der Waals surface area contributed by atoms with E-state index in [1.807, 2.05) is 19.1 Å². The standard InChI is InChI=1S/C16H19ClN4/c1-11-4-5-12(9-13(11)17)10-21-8-2-3-15(21)14-6-7-16(18)20-19-14/h4-7,9,15H,2-3,8,10H2,1H3,(H2,18,20). The van der Waals surface area contributed by atoms with Crippen LogP contribution in [0.5, 0.6) is 0 Å². The lowest BCUT2D eigenvalue weighted by Gasteiger charge is -2.24. The Labute approximate surface area is 129 Å². The summed E-state index contributed by atoms with van der Waals surface area (Å²) in [5.41, 5.74) is 8.96. The summed E-state index contributed by atoms with van der Waals surface area (Å²) in [6.45, 7) is 3.98. The summed E-state index contributed by atoms with van der Waals surface area (Å²) in [6, 6.07) is 10.4. The van der Waals surface area contributed by atoms with Crippen molar-refractivity contribution in [2.45, 2.75) is 32.4 Å². The van der Waals surface area contributed by atoms with Gasteiger partial charge in [0.25, 0.3) is 0 Å². The summed E-state index contributed by atoms with van der Waals surface area (Å²) in [5.74, 6) is 0.466. The first kappa shape index (κ1) is 14.3. The van der Waals surface area contributed by atoms with Crippen LogP contribution in [-0.2, 0) is 6.54 Å². The van der Waals surface area contributed by atoms with Gasteiger partial charge in [-0.15, -0.1) is 5.10 Å². The van der Waals surface area contributed by atoms with Crippen LogP contribution in [0.1, 0.15) is 35.7 Å². The molecular weight excluding hydrogens is 284 g/mol. The summed E-state index contributed by atoms with van der Waals surface area (Å²) in [4.78, 5) is 2.43. The molecule has 1 atom stereocenters. The van der Waals surface area contributed by atoms with E-state index in [1.54, 1.807) is 0 Å². The molecule has 0 bridgehead atoms. The second-order valence-electron chi connectivity index (χ2n) is 5.60. The van der Waals surface area contributed by atoms with Gasteiger partial charge in [-0.3, -0.25) is 4.90 Å². The van der Waals surface area contributed by atoms with Crippen LogP contribution in [0.4, 0.5) is 5.82 Å². The Kier molecular flexibility index (Phi) is 4.08. The molecule has 1 aromatic carbocycles. The Hall–Kier alpha value is -1.65. The van der Waals surface area contributed by atoms with Gasteiger partial charge in [-0.2, -0.15) is 5.10 Å². The van der Waals surface area contributed by atoms with E-state index in [-0.39, 0.29) is 0 Å². The highest BCUT2D eigenvalue weighted by Crippen LogP contribution is 2.32. The number of benzene rings is 1. The van der Waals surface area contributed by atoms with Crippen LogP contribution in [0.3, 0.4) is 0 Å². The Morgan fingerprint density at radius 2 is 2.14 bits per heavy atom. The van der Waals surface area contributed by atoms with E-state index < -0.39 is 0 Å². The zero-order valence-electron chi connectivity index (χ0n) is 12.1. The molecule has 1 aliphatic rings. The molecule has 0 radical (unpaired) electrons. The first-order valence-corrected chi connectivity index (χ1v) is 7.59. The fourth-order valence-electron chi connectivity index (χ4n) is 2.85. The van der Waals surface area contributed by atoms with Crippen molar-refractivity contribution in [3.63, 3.8) is 0 Å². The molecule has 1 fully saturated rings. The number of aromatic nitrogens is 2. The molecule has 1 aromatic heterocycles. The molecule has 1 unspecified atom stereocenters. The van der Waals surface area contributed by atoms with E-state index in [4.69, 9.17) is 17.3 Å². The molecule has 0 aliphatic carbocycles. The lowest BCUT2D eigenvalue weighted by atomic mass is 10.1. The molecule has 21 heavy (non-hydrogen) atoms. The number of nitrogens with two attached hydrogens (primary N) is 1. The van der Waals surface area contributed by atoms with Gasteiger partial charge >= 0.3 is 0 Å². The van der Waals surface area contributed by atoms with Crippen LogP contribution < -0.4 is 5.73 Å². The average molecular weight is 303 g/mol. The normalized spacial score (nSPS) is 19.0. The van der Waals surface area contributed by atoms with Crippen LogP contribution in [0.2, 0.25) is 5.02 Å². The molecule has 1 aliphatic heterocycles. The van der Waals surface area contributed by atoms with E-state index >= 15 is 0 Å². The molecule has 2 aromatic rings. The predicted octanol–water partition coefficient (Wildman–Crippen LogP) is 3.36. The van der Waals surface area contributed by atoms with E-state index in [9.17, 15) is 0 Å². The van der Waals surface area contributed by atoms with Crippen molar-refractivity contribution in [1.29, 1.82) is 0 Å². The van der Waals surface area contributed by atoms with E-state index in [1.165, 1.54) is 12.0 Å². The van der Waals surface area contributed by atoms with Crippen LogP contribution >= 0.6 is 11.6 Å². The highest BCUT2D eigenvalue weighted by atomic mass is 35.5. The number of likely N-dealkylation sites (tertiary alicyclic amines) is 1. The fourth-order valence-corrected chi connectivity index (χ4v) is 3.05. The highest BCUT2D eigenvalue weighted by molar-refractivity contribution is 6.31. The van der Waals surface area contributed by atoms with Crippen LogP contribution in [0, 0.1) is 6.92 Å². The second-order valence-corrected chi connectivity index (χ2v) is 6.00. The van der Waals surface area contributed by atoms with Crippen molar-refractivity contribution in [3.8, 4) is 0 Å². The minimum Gasteiger partial charge on any atom is -0.382 e. The molecule has 2 heterocycles. The number of anilines is 1. The van der Waals surface area contributed by atoms with Crippen molar-refractivity contribution >= 4 is 17.4 Å². The van der Waals surface area contributed by atoms with Gasteiger partial charge in [0.1, 0.15) is 5.82 Å². The Morgan fingerprint density at radius 3 is 2.86 bits per heavy atom. The number of halogens is 1. The molecule has 110 valence electrons. The van der Waals surface area contributed by atoms with Gasteiger partial charge < -0.3 is 5.73 Å². The van der Waals surface area contributed by atoms with Crippen molar-refractivity contribution < 1.29 is 0 Å². The summed E-state index contributed by atoms with van der Waals surface area (Å²) < 4.78 is 0. The van der Waals surface area contributed by atoms with E-state index in [0.717, 1.165) is 35.8 Å². The van der Waals surface area contributed by atoms with E-state index in [2.05, 4.69) is 33.3 Å². The molecule has 0 saturated carbocycles. The Bertz CT molecular complexity index is 627. The van der Waals surface area contributed by atoms with Gasteiger partial charge in [-0.1, -0.05) is 23.7 Å². The topological polar surface area (TPSA) is 55.0 Å². The maximum Gasteiger partial charge on any atom is 0.146 e. The molecule has 4 nitrogen and oxygen atoms in total. The van der Waals surface area contributed by atoms with Crippen molar-refractivity contribution in [2.75, 3.05) is 12.3 Å². The number of hydrogen-bond donors (Lipinski definition) is 1. The average Bonchev–Trinajstić information content (AvgIpc) is 2.92. The van der Waals surface area contributed by atoms with Crippen LogP contribution in [0.25, 0.3) is 0 Å². The van der Waals surface area contributed by atoms with Crippen molar-refractivity contribution in [1.82, 2.24) is 15.1 Å². The summed E-state index contributed by atoms with van der Waals surface area (Å²) in [7, 11) is 0. The fraction of sp³-hybridized carbons (Fsp3) is 0.375. The zero-order chi connectivity index (χ0) is 14.8. The van der Waals surface area contributed by atoms with Gasteiger partial charge in [0, 0.05) is 11.6 Å². The zero-order valence-corrected chi connectivity index (χ0v) is 12.8. The van der Waals surface area contributed by atoms with Crippen LogP contribution in [-0.4, -0.2) is 21.6 Å². The van der Waals surface area contributed by atoms with Crippen molar-refractivity contribution in [3.05, 3.63) is 52.2 Å². The molecule has 0 amide bonds. The SMILES string of the molecule is Cc1ccc(CN2CCCC2c2ccc(N)nn2)cc1Cl. The molecule has 1 saturated heterocycles. The third-order valence-electron chi connectivity index (χ3n) is 4.03. The minimum absolute atomic E-state index is 0.318. The summed E-state index contributed by atoms with van der Waals surface area (Å²) >= 11 is 6.22. The van der Waals surface area contributed by atoms with Gasteiger partial charge in [0.2, 0.25) is 0 Å². The summed E-state index contributed by atoms with van der Waals surface area (Å²) in [5, 5.41) is 9.04. The number of nitrogen functional groups attached to an aromatic ring is 1. The molecule has 2 N–H and O–H groups in total. The molecule has 5 heteroatoms. The molecule has 3 rings (SSSR count). The number of hydrogen-bond acceptors (Lipinski definition) is 4. The maximum atomic E-state index is 6.22. The van der Waals surface area contributed by atoms with E-state index in [0.29, 0.717) is 11.9 Å². The highest BCUT2D eigenvalue weighted by Gasteiger charge is 2.27. The van der Waals surface area contributed by atoms with Gasteiger partial charge in [-0.05, 0) is 55.6 Å². The number of aryl methyl sites for hydroxylation is 1. The third-order valence-corrected chi connectivity index (χ3v) is 4.44. The monoisotopic (exact) mass is 302 g/mol. The Balaban J connectivity index is 1.77. The smallest absolute Gasteiger partial charge is 0.146 e. The largest absolute Gasteiger partial charge is 0.382 e. The molecular formula is C16H19ClN4. The predicted molar refractivity (Wildman–Crippen MR) is 85.0 cm³/mol. The van der Waals surface area contributed by atoms with Gasteiger partial charge in [0.15, 0.2) is 0 Å². The van der Waals surface area contributed by atoms with Crippen molar-refractivity contribution in [2.24, 2.45) is 0 Å². The first-order valence-electron chi connectivity index (χ1n) is 7.21. The quantitative estimate of drug-likeness (QED) is 0.944. The number of rotatable bonds is 3. The minimum atomic E-state index is 0.318. The van der Waals surface area contributed by atoms with Crippen LogP contribution in [0.15, 0.2) is 30.3 Å². The lowest BCUT2D eigenvalue weighted by molar-refractivity contribution is 0.243. The number of nitrogens with zero attached hydrogens (tertiary/aromatic N) is 3. The summed E-state index contributed by atoms with van der Waals surface area (Å²) in [6.07, 6.45) is 2.29. The lowest BCUT2D eigenvalue weighted by Crippen LogP contribution is -2.23. The second kappa shape index (κ2) is 6.00. The Morgan fingerprint density at radius 1 is 1.29 bits per heavy atom. The third kappa shape index (κ3) is 3.17. The van der Waals surface area contributed by atoms with Gasteiger partial charge in [0.05, 0.1) is 11.7 Å². The maximum absolute atomic E-state index is 6.22. The molecule has 0 spiro atoms.